The number of ether oxygens (including phenoxy) is 1. The molecule has 3 nitrogen and oxygen atoms in total. The van der Waals surface area contributed by atoms with Crippen molar-refractivity contribution in [3.63, 3.8) is 0 Å². The van der Waals surface area contributed by atoms with Crippen LogP contribution < -0.4 is 0 Å². The van der Waals surface area contributed by atoms with Gasteiger partial charge in [0.2, 0.25) is 5.91 Å². The van der Waals surface area contributed by atoms with E-state index >= 15 is 0 Å². The second kappa shape index (κ2) is 7.91. The number of benzene rings is 1. The zero-order valence-corrected chi connectivity index (χ0v) is 15.1. The number of nitrogens with zero attached hydrogens (tertiary/aromatic N) is 1. The Kier molecular flexibility index (Phi) is 5.89. The lowest BCUT2D eigenvalue weighted by Crippen LogP contribution is -2.50. The highest BCUT2D eigenvalue weighted by Gasteiger charge is 2.34. The van der Waals surface area contributed by atoms with E-state index in [1.807, 2.05) is 36.0 Å². The van der Waals surface area contributed by atoms with Gasteiger partial charge in [0.25, 0.3) is 0 Å². The van der Waals surface area contributed by atoms with E-state index in [1.54, 1.807) is 0 Å². The third kappa shape index (κ3) is 4.43. The van der Waals surface area contributed by atoms with Crippen LogP contribution >= 0.6 is 23.4 Å². The Labute approximate surface area is 147 Å². The lowest BCUT2D eigenvalue weighted by molar-refractivity contribution is -0.151. The molecule has 23 heavy (non-hydrogen) atoms. The first-order chi connectivity index (χ1) is 11.2. The average molecular weight is 354 g/mol. The van der Waals surface area contributed by atoms with Crippen LogP contribution in [0.5, 0.6) is 0 Å². The number of rotatable bonds is 7. The molecule has 1 aromatic carbocycles. The summed E-state index contributed by atoms with van der Waals surface area (Å²) in [6, 6.07) is 8.06. The third-order valence-corrected chi connectivity index (χ3v) is 6.18. The Morgan fingerprint density at radius 3 is 2.74 bits per heavy atom. The highest BCUT2D eigenvalue weighted by Crippen LogP contribution is 2.34. The Balaban J connectivity index is 1.72. The molecule has 5 heteroatoms. The molecule has 2 fully saturated rings. The van der Waals surface area contributed by atoms with Gasteiger partial charge in [-0.1, -0.05) is 30.7 Å². The minimum atomic E-state index is -0.00000772. The summed E-state index contributed by atoms with van der Waals surface area (Å²) in [6.07, 6.45) is 3.74. The summed E-state index contributed by atoms with van der Waals surface area (Å²) < 4.78 is 5.53. The lowest BCUT2D eigenvalue weighted by atomic mass is 10.0. The summed E-state index contributed by atoms with van der Waals surface area (Å²) in [6.45, 7) is 2.94. The van der Waals surface area contributed by atoms with Crippen LogP contribution in [0, 0.1) is 5.92 Å². The fourth-order valence-electron chi connectivity index (χ4n) is 3.04. The monoisotopic (exact) mass is 353 g/mol. The van der Waals surface area contributed by atoms with Crippen molar-refractivity contribution in [1.82, 2.24) is 4.90 Å². The van der Waals surface area contributed by atoms with E-state index in [0.717, 1.165) is 28.7 Å². The maximum Gasteiger partial charge on any atom is 0.249 e. The van der Waals surface area contributed by atoms with E-state index in [9.17, 15) is 4.79 Å². The van der Waals surface area contributed by atoms with Gasteiger partial charge in [-0.3, -0.25) is 4.79 Å². The maximum absolute atomic E-state index is 12.5. The molecule has 0 N–H and O–H groups in total. The van der Waals surface area contributed by atoms with E-state index in [1.165, 1.54) is 18.6 Å². The van der Waals surface area contributed by atoms with Crippen molar-refractivity contribution in [3.8, 4) is 0 Å². The van der Waals surface area contributed by atoms with Gasteiger partial charge >= 0.3 is 0 Å². The highest BCUT2D eigenvalue weighted by molar-refractivity contribution is 7.99. The number of morpholine rings is 1. The molecule has 1 saturated heterocycles. The molecule has 1 aliphatic carbocycles. The first kappa shape index (κ1) is 17.1. The molecule has 1 aromatic rings. The van der Waals surface area contributed by atoms with Crippen molar-refractivity contribution in [2.45, 2.75) is 38.3 Å². The van der Waals surface area contributed by atoms with E-state index in [-0.39, 0.29) is 24.6 Å². The molecule has 0 aromatic heterocycles. The summed E-state index contributed by atoms with van der Waals surface area (Å²) in [5.41, 5.74) is 1.10. The molecule has 1 aliphatic heterocycles. The van der Waals surface area contributed by atoms with E-state index in [0.29, 0.717) is 6.61 Å². The van der Waals surface area contributed by atoms with Gasteiger partial charge in [0.1, 0.15) is 6.61 Å². The first-order valence-corrected chi connectivity index (χ1v) is 9.94. The average Bonchev–Trinajstić information content (AvgIpc) is 3.37. The zero-order chi connectivity index (χ0) is 16.2. The van der Waals surface area contributed by atoms with Crippen LogP contribution in [0.3, 0.4) is 0 Å². The molecule has 126 valence electrons. The second-order valence-corrected chi connectivity index (χ2v) is 7.94. The van der Waals surface area contributed by atoms with Crippen LogP contribution in [-0.2, 0) is 9.53 Å². The standard InChI is InChI=1S/C18H24ClNO2S/c1-2-16(12-23-11-13-3-4-13)20-17(9-22-10-18(20)21)14-5-7-15(19)8-6-14/h5-8,13,16-17H,2-4,9-12H2,1H3/t16-,17-/m0/s1. The molecule has 1 saturated carbocycles. The van der Waals surface area contributed by atoms with Crippen LogP contribution in [0.2, 0.25) is 5.02 Å². The highest BCUT2D eigenvalue weighted by atomic mass is 35.5. The molecular formula is C18H24ClNO2S. The molecular weight excluding hydrogens is 330 g/mol. The molecule has 0 radical (unpaired) electrons. The topological polar surface area (TPSA) is 29.5 Å². The summed E-state index contributed by atoms with van der Waals surface area (Å²) in [5.74, 6) is 3.28. The number of carbonyl (C=O) groups is 1. The number of amides is 1. The van der Waals surface area contributed by atoms with Crippen LogP contribution in [-0.4, -0.2) is 41.6 Å². The van der Waals surface area contributed by atoms with Gasteiger partial charge in [-0.15, -0.1) is 0 Å². The summed E-state index contributed by atoms with van der Waals surface area (Å²) >= 11 is 7.99. The smallest absolute Gasteiger partial charge is 0.249 e. The van der Waals surface area contributed by atoms with Crippen molar-refractivity contribution in [2.75, 3.05) is 24.7 Å². The van der Waals surface area contributed by atoms with Crippen molar-refractivity contribution < 1.29 is 9.53 Å². The van der Waals surface area contributed by atoms with Crippen LogP contribution in [0.4, 0.5) is 0 Å². The molecule has 0 unspecified atom stereocenters. The molecule has 3 rings (SSSR count). The fourth-order valence-corrected chi connectivity index (χ4v) is 4.63. The van der Waals surface area contributed by atoms with Gasteiger partial charge in [0, 0.05) is 16.8 Å². The summed E-state index contributed by atoms with van der Waals surface area (Å²) in [5, 5.41) is 0.718. The van der Waals surface area contributed by atoms with Crippen molar-refractivity contribution in [2.24, 2.45) is 5.92 Å². The van der Waals surface area contributed by atoms with Crippen molar-refractivity contribution in [3.05, 3.63) is 34.9 Å². The van der Waals surface area contributed by atoms with E-state index < -0.39 is 0 Å². The summed E-state index contributed by atoms with van der Waals surface area (Å²) in [7, 11) is 0. The van der Waals surface area contributed by atoms with Crippen LogP contribution in [0.25, 0.3) is 0 Å². The maximum atomic E-state index is 12.5. The Morgan fingerprint density at radius 1 is 1.35 bits per heavy atom. The Morgan fingerprint density at radius 2 is 2.09 bits per heavy atom. The minimum Gasteiger partial charge on any atom is -0.369 e. The largest absolute Gasteiger partial charge is 0.369 e. The Hall–Kier alpha value is -0.710. The van der Waals surface area contributed by atoms with Gasteiger partial charge in [-0.25, -0.2) is 0 Å². The second-order valence-electron chi connectivity index (χ2n) is 6.43. The number of carbonyl (C=O) groups excluding carboxylic acids is 1. The summed E-state index contributed by atoms with van der Waals surface area (Å²) in [4.78, 5) is 14.6. The van der Waals surface area contributed by atoms with E-state index in [2.05, 4.69) is 11.8 Å². The lowest BCUT2D eigenvalue weighted by Gasteiger charge is -2.41. The molecule has 0 spiro atoms. The van der Waals surface area contributed by atoms with Gasteiger partial charge in [-0.05, 0) is 48.6 Å². The number of thioether (sulfide) groups is 1. The van der Waals surface area contributed by atoms with Crippen LogP contribution in [0.1, 0.15) is 37.8 Å². The molecule has 0 bridgehead atoms. The number of halogens is 1. The molecule has 1 amide bonds. The van der Waals surface area contributed by atoms with Crippen molar-refractivity contribution >= 4 is 29.3 Å². The Bertz CT molecular complexity index is 532. The van der Waals surface area contributed by atoms with Crippen LogP contribution in [0.15, 0.2) is 24.3 Å². The minimum absolute atomic E-state index is 0.00000772. The molecule has 2 aliphatic rings. The SMILES string of the molecule is CC[C@@H](CSCC1CC1)N1C(=O)COC[C@H]1c1ccc(Cl)cc1. The quantitative estimate of drug-likeness (QED) is 0.737. The predicted octanol–water partition coefficient (Wildman–Crippen LogP) is 4.16. The number of hydrogen-bond donors (Lipinski definition) is 0. The first-order valence-electron chi connectivity index (χ1n) is 8.41. The van der Waals surface area contributed by atoms with Crippen molar-refractivity contribution in [1.29, 1.82) is 0 Å². The van der Waals surface area contributed by atoms with Gasteiger partial charge < -0.3 is 9.64 Å². The third-order valence-electron chi connectivity index (χ3n) is 4.61. The van der Waals surface area contributed by atoms with Gasteiger partial charge in [0.15, 0.2) is 0 Å². The van der Waals surface area contributed by atoms with Gasteiger partial charge in [-0.2, -0.15) is 11.8 Å². The normalized spacial score (nSPS) is 23.1. The van der Waals surface area contributed by atoms with E-state index in [4.69, 9.17) is 16.3 Å². The fraction of sp³-hybridized carbons (Fsp3) is 0.611. The molecule has 1 heterocycles. The van der Waals surface area contributed by atoms with Gasteiger partial charge in [0.05, 0.1) is 12.6 Å². The number of hydrogen-bond acceptors (Lipinski definition) is 3. The zero-order valence-electron chi connectivity index (χ0n) is 13.5. The predicted molar refractivity (Wildman–Crippen MR) is 96.0 cm³/mol. The molecule has 2 atom stereocenters.